The fourth-order valence-electron chi connectivity index (χ4n) is 2.60. The zero-order valence-corrected chi connectivity index (χ0v) is 13.2. The number of aryl methyl sites for hydroxylation is 1. The van der Waals surface area contributed by atoms with E-state index >= 15 is 0 Å². The second-order valence-electron chi connectivity index (χ2n) is 5.53. The summed E-state index contributed by atoms with van der Waals surface area (Å²) in [6.07, 6.45) is 0.968. The Morgan fingerprint density at radius 2 is 1.95 bits per heavy atom. The Hall–Kier alpha value is -2.08. The maximum atomic E-state index is 13.3. The van der Waals surface area contributed by atoms with Crippen LogP contribution < -0.4 is 9.62 Å². The lowest BCUT2D eigenvalue weighted by atomic mass is 10.1. The number of benzene rings is 2. The number of nitrogens with zero attached hydrogens (tertiary/aromatic N) is 1. The van der Waals surface area contributed by atoms with Gasteiger partial charge in [-0.15, -0.1) is 0 Å². The highest BCUT2D eigenvalue weighted by Crippen LogP contribution is 2.30. The highest BCUT2D eigenvalue weighted by atomic mass is 32.2. The zero-order chi connectivity index (χ0) is 15.9. The molecule has 0 saturated heterocycles. The van der Waals surface area contributed by atoms with Gasteiger partial charge in [0.2, 0.25) is 0 Å². The highest BCUT2D eigenvalue weighted by molar-refractivity contribution is 7.92. The lowest BCUT2D eigenvalue weighted by molar-refractivity contribution is 0.598. The van der Waals surface area contributed by atoms with E-state index in [2.05, 4.69) is 9.62 Å². The Morgan fingerprint density at radius 3 is 2.68 bits per heavy atom. The number of anilines is 2. The van der Waals surface area contributed by atoms with Gasteiger partial charge in [-0.3, -0.25) is 4.72 Å². The molecule has 2 aromatic rings. The maximum absolute atomic E-state index is 13.3. The van der Waals surface area contributed by atoms with Crippen LogP contribution in [0, 0.1) is 12.7 Å². The first kappa shape index (κ1) is 14.8. The molecular formula is C16H17FN2O2S. The van der Waals surface area contributed by atoms with Gasteiger partial charge >= 0.3 is 0 Å². The van der Waals surface area contributed by atoms with Crippen molar-refractivity contribution in [2.45, 2.75) is 18.2 Å². The molecule has 0 unspecified atom stereocenters. The molecule has 22 heavy (non-hydrogen) atoms. The summed E-state index contributed by atoms with van der Waals surface area (Å²) in [4.78, 5) is 2.15. The van der Waals surface area contributed by atoms with Crippen molar-refractivity contribution in [3.8, 4) is 0 Å². The van der Waals surface area contributed by atoms with E-state index in [0.717, 1.165) is 18.7 Å². The third kappa shape index (κ3) is 2.66. The van der Waals surface area contributed by atoms with Crippen LogP contribution in [-0.2, 0) is 16.4 Å². The monoisotopic (exact) mass is 320 g/mol. The fourth-order valence-corrected chi connectivity index (χ4v) is 3.74. The van der Waals surface area contributed by atoms with Crippen LogP contribution in [0.1, 0.15) is 11.1 Å². The van der Waals surface area contributed by atoms with Crippen molar-refractivity contribution in [2.75, 3.05) is 23.2 Å². The van der Waals surface area contributed by atoms with Gasteiger partial charge in [0.05, 0.1) is 10.6 Å². The lowest BCUT2D eigenvalue weighted by Crippen LogP contribution is -2.15. The van der Waals surface area contributed by atoms with E-state index < -0.39 is 15.8 Å². The first-order valence-electron chi connectivity index (χ1n) is 7.00. The molecule has 4 nitrogen and oxygen atoms in total. The van der Waals surface area contributed by atoms with E-state index in [0.29, 0.717) is 11.3 Å². The standard InChI is InChI=1S/C16H17FN2O2S/c1-11-9-14(5-6-15(11)17)22(20,21)18-13-4-3-12-7-8-19(2)16(12)10-13/h3-6,9-10,18H,7-8H2,1-2H3. The molecule has 0 fully saturated rings. The zero-order valence-electron chi connectivity index (χ0n) is 12.4. The smallest absolute Gasteiger partial charge is 0.261 e. The minimum Gasteiger partial charge on any atom is -0.374 e. The number of likely N-dealkylation sites (N-methyl/N-ethyl adjacent to an activating group) is 1. The van der Waals surface area contributed by atoms with Gasteiger partial charge in [-0.2, -0.15) is 0 Å². The van der Waals surface area contributed by atoms with E-state index in [1.165, 1.54) is 23.8 Å². The second kappa shape index (κ2) is 5.28. The number of hydrogen-bond donors (Lipinski definition) is 1. The van der Waals surface area contributed by atoms with Crippen LogP contribution >= 0.6 is 0 Å². The van der Waals surface area contributed by atoms with Crippen molar-refractivity contribution in [2.24, 2.45) is 0 Å². The summed E-state index contributed by atoms with van der Waals surface area (Å²) < 4.78 is 40.6. The van der Waals surface area contributed by atoms with Crippen LogP contribution in [0.3, 0.4) is 0 Å². The lowest BCUT2D eigenvalue weighted by Gasteiger charge is -2.14. The number of sulfonamides is 1. The van der Waals surface area contributed by atoms with Crippen LogP contribution in [0.2, 0.25) is 0 Å². The quantitative estimate of drug-likeness (QED) is 0.946. The molecule has 0 amide bonds. The molecule has 1 aliphatic heterocycles. The Morgan fingerprint density at radius 1 is 1.18 bits per heavy atom. The average molecular weight is 320 g/mol. The number of hydrogen-bond acceptors (Lipinski definition) is 3. The second-order valence-corrected chi connectivity index (χ2v) is 7.21. The summed E-state index contributed by atoms with van der Waals surface area (Å²) in [7, 11) is -1.74. The minimum absolute atomic E-state index is 0.0558. The minimum atomic E-state index is -3.72. The number of rotatable bonds is 3. The van der Waals surface area contributed by atoms with Crippen LogP contribution in [0.15, 0.2) is 41.3 Å². The van der Waals surface area contributed by atoms with Crippen molar-refractivity contribution in [1.29, 1.82) is 0 Å². The topological polar surface area (TPSA) is 49.4 Å². The summed E-state index contributed by atoms with van der Waals surface area (Å²) in [6.45, 7) is 2.47. The van der Waals surface area contributed by atoms with Crippen molar-refractivity contribution < 1.29 is 12.8 Å². The van der Waals surface area contributed by atoms with Crippen molar-refractivity contribution >= 4 is 21.4 Å². The highest BCUT2D eigenvalue weighted by Gasteiger charge is 2.19. The third-order valence-corrected chi connectivity index (χ3v) is 5.28. The Labute approximate surface area is 129 Å². The molecule has 1 N–H and O–H groups in total. The van der Waals surface area contributed by atoms with E-state index in [9.17, 15) is 12.8 Å². The number of halogens is 1. The summed E-state index contributed by atoms with van der Waals surface area (Å²) in [5.41, 5.74) is 3.06. The molecule has 6 heteroatoms. The van der Waals surface area contributed by atoms with E-state index in [-0.39, 0.29) is 4.90 Å². The molecule has 0 aromatic heterocycles. The van der Waals surface area contributed by atoms with Crippen molar-refractivity contribution in [3.05, 3.63) is 53.3 Å². The summed E-state index contributed by atoms with van der Waals surface area (Å²) in [5.74, 6) is -0.418. The Bertz CT molecular complexity index is 834. The number of nitrogens with one attached hydrogen (secondary N) is 1. The van der Waals surface area contributed by atoms with E-state index in [1.54, 1.807) is 13.0 Å². The fraction of sp³-hybridized carbons (Fsp3) is 0.250. The summed E-state index contributed by atoms with van der Waals surface area (Å²) in [5, 5.41) is 0. The molecule has 0 saturated carbocycles. The largest absolute Gasteiger partial charge is 0.374 e. The van der Waals surface area contributed by atoms with Gasteiger partial charge < -0.3 is 4.90 Å². The van der Waals surface area contributed by atoms with Gasteiger partial charge in [-0.25, -0.2) is 12.8 Å². The SMILES string of the molecule is Cc1cc(S(=O)(=O)Nc2ccc3c(c2)N(C)CC3)ccc1F. The molecule has 116 valence electrons. The van der Waals surface area contributed by atoms with Gasteiger partial charge in [0.25, 0.3) is 10.0 Å². The van der Waals surface area contributed by atoms with Gasteiger partial charge in [0, 0.05) is 19.3 Å². The van der Waals surface area contributed by atoms with Crippen molar-refractivity contribution in [3.63, 3.8) is 0 Å². The molecule has 0 bridgehead atoms. The predicted molar refractivity (Wildman–Crippen MR) is 85.4 cm³/mol. The van der Waals surface area contributed by atoms with E-state index in [1.807, 2.05) is 19.2 Å². The third-order valence-electron chi connectivity index (χ3n) is 3.91. The molecule has 1 heterocycles. The molecule has 3 rings (SSSR count). The van der Waals surface area contributed by atoms with Gasteiger partial charge in [0.15, 0.2) is 0 Å². The normalized spacial score (nSPS) is 14.0. The first-order chi connectivity index (χ1) is 10.4. The van der Waals surface area contributed by atoms with Crippen LogP contribution in [-0.4, -0.2) is 22.0 Å². The average Bonchev–Trinajstić information content (AvgIpc) is 2.83. The van der Waals surface area contributed by atoms with Crippen LogP contribution in [0.4, 0.5) is 15.8 Å². The molecule has 0 spiro atoms. The van der Waals surface area contributed by atoms with Gasteiger partial charge in [-0.05, 0) is 54.8 Å². The van der Waals surface area contributed by atoms with Crippen LogP contribution in [0.5, 0.6) is 0 Å². The summed E-state index contributed by atoms with van der Waals surface area (Å²) >= 11 is 0. The maximum Gasteiger partial charge on any atom is 0.261 e. The van der Waals surface area contributed by atoms with Crippen LogP contribution in [0.25, 0.3) is 0 Å². The molecule has 2 aromatic carbocycles. The molecule has 1 aliphatic rings. The Kier molecular flexibility index (Phi) is 3.56. The molecule has 0 aliphatic carbocycles. The Balaban J connectivity index is 1.91. The molecular weight excluding hydrogens is 303 g/mol. The van der Waals surface area contributed by atoms with E-state index in [4.69, 9.17) is 0 Å². The number of fused-ring (bicyclic) bond motifs is 1. The first-order valence-corrected chi connectivity index (χ1v) is 8.48. The van der Waals surface area contributed by atoms with Crippen molar-refractivity contribution in [1.82, 2.24) is 0 Å². The molecule has 0 atom stereocenters. The predicted octanol–water partition coefficient (Wildman–Crippen LogP) is 2.93. The van der Waals surface area contributed by atoms with Gasteiger partial charge in [0.1, 0.15) is 5.82 Å². The van der Waals surface area contributed by atoms with Gasteiger partial charge in [-0.1, -0.05) is 6.07 Å². The summed E-state index contributed by atoms with van der Waals surface area (Å²) in [6, 6.07) is 9.29. The molecule has 0 radical (unpaired) electrons.